The van der Waals surface area contributed by atoms with Gasteiger partial charge in [-0.3, -0.25) is 0 Å². The minimum absolute atomic E-state index is 0.419. The molecular weight excluding hydrogens is 373 g/mol. The van der Waals surface area contributed by atoms with Gasteiger partial charge in [0.15, 0.2) is 0 Å². The van der Waals surface area contributed by atoms with Gasteiger partial charge in [0, 0.05) is 12.5 Å². The van der Waals surface area contributed by atoms with Crippen molar-refractivity contribution in [1.82, 2.24) is 9.97 Å². The van der Waals surface area contributed by atoms with E-state index >= 15 is 0 Å². The van der Waals surface area contributed by atoms with Gasteiger partial charge in [0.1, 0.15) is 11.6 Å². The molecule has 0 saturated heterocycles. The number of hydrogen-bond donors (Lipinski definition) is 1. The van der Waals surface area contributed by atoms with Gasteiger partial charge in [0.2, 0.25) is 0 Å². The van der Waals surface area contributed by atoms with E-state index in [4.69, 9.17) is 9.97 Å². The number of rotatable bonds is 4. The van der Waals surface area contributed by atoms with Crippen LogP contribution in [0.2, 0.25) is 0 Å². The fourth-order valence-electron chi connectivity index (χ4n) is 2.96. The van der Waals surface area contributed by atoms with Crippen LogP contribution in [0.25, 0.3) is 0 Å². The molecule has 0 spiro atoms. The predicted octanol–water partition coefficient (Wildman–Crippen LogP) is 3.96. The Morgan fingerprint density at radius 3 is 2.38 bits per heavy atom. The van der Waals surface area contributed by atoms with Crippen molar-refractivity contribution in [3.8, 4) is 0 Å². The maximum absolute atomic E-state index is 4.84. The Balaban J connectivity index is 1.95. The number of aromatic nitrogens is 2. The fourth-order valence-corrected chi connectivity index (χ4v) is 3.77. The summed E-state index contributed by atoms with van der Waals surface area (Å²) < 4.78 is 1.16. The van der Waals surface area contributed by atoms with Crippen molar-refractivity contribution in [2.45, 2.75) is 39.0 Å². The van der Waals surface area contributed by atoms with Gasteiger partial charge in [-0.1, -0.05) is 31.2 Å². The highest BCUT2D eigenvalue weighted by Gasteiger charge is 2.26. The smallest absolute Gasteiger partial charge is 0.143 e. The average molecular weight is 393 g/mol. The highest BCUT2D eigenvalue weighted by atomic mass is 127. The molecule has 0 amide bonds. The molecule has 1 aliphatic carbocycles. The zero-order chi connectivity index (χ0) is 14.8. The van der Waals surface area contributed by atoms with E-state index in [9.17, 15) is 0 Å². The minimum atomic E-state index is 0.419. The Morgan fingerprint density at radius 1 is 1.14 bits per heavy atom. The summed E-state index contributed by atoms with van der Waals surface area (Å²) in [6, 6.07) is 8.71. The monoisotopic (exact) mass is 393 g/mol. The molecule has 110 valence electrons. The molecule has 0 unspecified atom stereocenters. The summed E-state index contributed by atoms with van der Waals surface area (Å²) in [6.45, 7) is 5.16. The Labute approximate surface area is 139 Å². The van der Waals surface area contributed by atoms with Crippen molar-refractivity contribution < 1.29 is 0 Å². The van der Waals surface area contributed by atoms with Crippen LogP contribution in [0.15, 0.2) is 24.3 Å². The maximum Gasteiger partial charge on any atom is 0.143 e. The molecule has 0 radical (unpaired) electrons. The van der Waals surface area contributed by atoms with Gasteiger partial charge >= 0.3 is 0 Å². The molecule has 0 fully saturated rings. The van der Waals surface area contributed by atoms with Gasteiger partial charge in [-0.25, -0.2) is 9.97 Å². The molecule has 3 nitrogen and oxygen atoms in total. The second kappa shape index (κ2) is 6.30. The van der Waals surface area contributed by atoms with E-state index in [-0.39, 0.29) is 0 Å². The Hall–Kier alpha value is -1.17. The van der Waals surface area contributed by atoms with Crippen LogP contribution < -0.4 is 5.32 Å². The predicted molar refractivity (Wildman–Crippen MR) is 94.9 cm³/mol. The van der Waals surface area contributed by atoms with Gasteiger partial charge in [0.25, 0.3) is 0 Å². The van der Waals surface area contributed by atoms with E-state index in [1.54, 1.807) is 0 Å². The third-order valence-electron chi connectivity index (χ3n) is 4.03. The molecule has 1 aromatic heterocycles. The van der Waals surface area contributed by atoms with Crippen molar-refractivity contribution in [2.75, 3.05) is 11.9 Å². The number of aryl methyl sites for hydroxylation is 1. The molecular formula is C17H20IN3. The first-order chi connectivity index (χ1) is 10.2. The fraction of sp³-hybridized carbons (Fsp3) is 0.412. The van der Waals surface area contributed by atoms with E-state index in [1.807, 2.05) is 0 Å². The van der Waals surface area contributed by atoms with Gasteiger partial charge < -0.3 is 5.32 Å². The first kappa shape index (κ1) is 14.8. The summed E-state index contributed by atoms with van der Waals surface area (Å²) in [5, 5.41) is 3.38. The van der Waals surface area contributed by atoms with E-state index in [2.05, 4.69) is 66.0 Å². The van der Waals surface area contributed by atoms with Gasteiger partial charge in [0.05, 0.1) is 9.26 Å². The lowest BCUT2D eigenvalue weighted by molar-refractivity contribution is 0.674. The number of halogens is 1. The number of anilines is 1. The lowest BCUT2D eigenvalue weighted by Gasteiger charge is -2.14. The van der Waals surface area contributed by atoms with Crippen LogP contribution in [-0.4, -0.2) is 16.5 Å². The summed E-state index contributed by atoms with van der Waals surface area (Å²) in [6.07, 6.45) is 3.07. The topological polar surface area (TPSA) is 37.8 Å². The molecule has 1 N–H and O–H groups in total. The summed E-state index contributed by atoms with van der Waals surface area (Å²) >= 11 is 2.36. The van der Waals surface area contributed by atoms with Crippen molar-refractivity contribution in [3.63, 3.8) is 0 Å². The minimum Gasteiger partial charge on any atom is -0.369 e. The summed E-state index contributed by atoms with van der Waals surface area (Å²) in [7, 11) is 0. The van der Waals surface area contributed by atoms with E-state index in [0.717, 1.165) is 46.7 Å². The molecule has 21 heavy (non-hydrogen) atoms. The van der Waals surface area contributed by atoms with Crippen LogP contribution >= 0.6 is 22.6 Å². The highest BCUT2D eigenvalue weighted by molar-refractivity contribution is 14.1. The molecule has 0 aliphatic heterocycles. The molecule has 2 aromatic rings. The summed E-state index contributed by atoms with van der Waals surface area (Å²) in [5.74, 6) is 2.41. The molecule has 1 heterocycles. The molecule has 1 aliphatic rings. The van der Waals surface area contributed by atoms with E-state index < -0.39 is 0 Å². The summed E-state index contributed by atoms with van der Waals surface area (Å²) in [5.41, 5.74) is 4.06. The van der Waals surface area contributed by atoms with Crippen molar-refractivity contribution in [3.05, 3.63) is 50.5 Å². The quantitative estimate of drug-likeness (QED) is 0.800. The van der Waals surface area contributed by atoms with Crippen LogP contribution in [0.1, 0.15) is 42.4 Å². The van der Waals surface area contributed by atoms with Crippen molar-refractivity contribution in [2.24, 2.45) is 0 Å². The normalized spacial score (nSPS) is 14.2. The zero-order valence-electron chi connectivity index (χ0n) is 12.5. The van der Waals surface area contributed by atoms with Crippen LogP contribution in [0.3, 0.4) is 0 Å². The Bertz CT molecular complexity index is 629. The standard InChI is InChI=1S/C17H20IN3/c1-3-14-15(18)17(19-4-2)21-16(20-14)13-9-11-7-5-6-8-12(11)10-13/h5-8,13H,3-4,9-10H2,1-2H3,(H,19,20,21). The third kappa shape index (κ3) is 2.91. The van der Waals surface area contributed by atoms with Crippen LogP contribution in [0, 0.1) is 3.57 Å². The van der Waals surface area contributed by atoms with Gasteiger partial charge in [-0.05, 0) is 59.9 Å². The van der Waals surface area contributed by atoms with Gasteiger partial charge in [-0.15, -0.1) is 0 Å². The molecule has 1 aromatic carbocycles. The second-order valence-electron chi connectivity index (χ2n) is 5.45. The average Bonchev–Trinajstić information content (AvgIpc) is 2.93. The number of fused-ring (bicyclic) bond motifs is 1. The molecule has 0 bridgehead atoms. The maximum atomic E-state index is 4.84. The molecule has 3 rings (SSSR count). The third-order valence-corrected chi connectivity index (χ3v) is 5.17. The second-order valence-corrected chi connectivity index (χ2v) is 6.53. The van der Waals surface area contributed by atoms with E-state index in [1.165, 1.54) is 11.1 Å². The van der Waals surface area contributed by atoms with Crippen molar-refractivity contribution in [1.29, 1.82) is 0 Å². The first-order valence-corrected chi connectivity index (χ1v) is 8.67. The van der Waals surface area contributed by atoms with Crippen molar-refractivity contribution >= 4 is 28.4 Å². The number of hydrogen-bond acceptors (Lipinski definition) is 3. The Kier molecular flexibility index (Phi) is 4.42. The lowest BCUT2D eigenvalue weighted by Crippen LogP contribution is -2.12. The zero-order valence-corrected chi connectivity index (χ0v) is 14.6. The molecule has 0 atom stereocenters. The lowest BCUT2D eigenvalue weighted by atomic mass is 10.1. The largest absolute Gasteiger partial charge is 0.369 e. The molecule has 0 saturated carbocycles. The number of nitrogens with one attached hydrogen (secondary N) is 1. The Morgan fingerprint density at radius 2 is 1.81 bits per heavy atom. The van der Waals surface area contributed by atoms with E-state index in [0.29, 0.717) is 5.92 Å². The number of benzene rings is 1. The van der Waals surface area contributed by atoms with Gasteiger partial charge in [-0.2, -0.15) is 0 Å². The van der Waals surface area contributed by atoms with Crippen LogP contribution in [-0.2, 0) is 19.3 Å². The SMILES string of the molecule is CCNc1nc(C2Cc3ccccc3C2)nc(CC)c1I. The highest BCUT2D eigenvalue weighted by Crippen LogP contribution is 2.33. The van der Waals surface area contributed by atoms with Crippen LogP contribution in [0.4, 0.5) is 5.82 Å². The number of nitrogens with zero attached hydrogens (tertiary/aromatic N) is 2. The first-order valence-electron chi connectivity index (χ1n) is 7.59. The summed E-state index contributed by atoms with van der Waals surface area (Å²) in [4.78, 5) is 9.65. The molecule has 4 heteroatoms. The van der Waals surface area contributed by atoms with Crippen LogP contribution in [0.5, 0.6) is 0 Å².